The van der Waals surface area contributed by atoms with Crippen LogP contribution in [0.2, 0.25) is 0 Å². The lowest BCUT2D eigenvalue weighted by Crippen LogP contribution is -2.28. The van der Waals surface area contributed by atoms with Crippen molar-refractivity contribution in [1.82, 2.24) is 4.57 Å². The van der Waals surface area contributed by atoms with E-state index in [1.54, 1.807) is 25.1 Å². The molecular weight excluding hydrogens is 247 g/mol. The Morgan fingerprint density at radius 2 is 2.00 bits per heavy atom. The third-order valence-corrected chi connectivity index (χ3v) is 2.67. The molecule has 19 heavy (non-hydrogen) atoms. The van der Waals surface area contributed by atoms with Gasteiger partial charge in [0.05, 0.1) is 5.69 Å². The van der Waals surface area contributed by atoms with Gasteiger partial charge in [-0.3, -0.25) is 9.59 Å². The highest BCUT2D eigenvalue weighted by Gasteiger charge is 2.08. The van der Waals surface area contributed by atoms with Crippen molar-refractivity contribution in [1.29, 1.82) is 0 Å². The van der Waals surface area contributed by atoms with E-state index in [-0.39, 0.29) is 17.8 Å². The number of aryl methyl sites for hydroxylation is 1. The molecule has 0 spiro atoms. The Morgan fingerprint density at radius 3 is 2.74 bits per heavy atom. The number of carbonyl (C=O) groups is 1. The maximum Gasteiger partial charge on any atom is 0.253 e. The fourth-order valence-electron chi connectivity index (χ4n) is 1.69. The van der Waals surface area contributed by atoms with Gasteiger partial charge in [-0.1, -0.05) is 18.2 Å². The minimum absolute atomic E-state index is 0.105. The Labute approximate surface area is 109 Å². The number of halogens is 1. The van der Waals surface area contributed by atoms with Crippen LogP contribution in [0.25, 0.3) is 0 Å². The van der Waals surface area contributed by atoms with E-state index in [0.29, 0.717) is 5.56 Å². The Hall–Kier alpha value is -2.43. The molecule has 0 aliphatic carbocycles. The largest absolute Gasteiger partial charge is 0.322 e. The van der Waals surface area contributed by atoms with Crippen LogP contribution in [0.4, 0.5) is 10.1 Å². The van der Waals surface area contributed by atoms with Gasteiger partial charge in [-0.25, -0.2) is 4.39 Å². The lowest BCUT2D eigenvalue weighted by atomic mass is 10.3. The normalized spacial score (nSPS) is 10.2. The first-order valence-corrected chi connectivity index (χ1v) is 5.78. The van der Waals surface area contributed by atoms with E-state index < -0.39 is 11.7 Å². The molecule has 1 aromatic heterocycles. The average molecular weight is 260 g/mol. The molecule has 4 nitrogen and oxygen atoms in total. The zero-order valence-corrected chi connectivity index (χ0v) is 10.4. The molecule has 1 amide bonds. The number of nitrogens with one attached hydrogen (secondary N) is 1. The summed E-state index contributed by atoms with van der Waals surface area (Å²) >= 11 is 0. The Bertz CT molecular complexity index is 664. The molecule has 2 aromatic rings. The number of benzene rings is 1. The Kier molecular flexibility index (Phi) is 3.75. The molecular formula is C14H13FN2O2. The number of hydrogen-bond acceptors (Lipinski definition) is 2. The second-order valence-electron chi connectivity index (χ2n) is 4.15. The average Bonchev–Trinajstić information content (AvgIpc) is 2.38. The summed E-state index contributed by atoms with van der Waals surface area (Å²) in [5.41, 5.74) is 0.431. The number of hydrogen-bond donors (Lipinski definition) is 1. The fraction of sp³-hybridized carbons (Fsp3) is 0.143. The van der Waals surface area contributed by atoms with Crippen molar-refractivity contribution in [3.63, 3.8) is 0 Å². The van der Waals surface area contributed by atoms with Gasteiger partial charge in [-0.2, -0.15) is 0 Å². The van der Waals surface area contributed by atoms with Gasteiger partial charge in [-0.05, 0) is 25.1 Å². The molecule has 0 aliphatic heterocycles. The van der Waals surface area contributed by atoms with E-state index in [4.69, 9.17) is 0 Å². The molecule has 1 heterocycles. The highest BCUT2D eigenvalue weighted by Crippen LogP contribution is 2.12. The summed E-state index contributed by atoms with van der Waals surface area (Å²) in [6.07, 6.45) is 1.52. The van der Waals surface area contributed by atoms with Crippen LogP contribution in [0, 0.1) is 12.7 Å². The molecule has 0 fully saturated rings. The Balaban J connectivity index is 2.12. The molecule has 0 unspecified atom stereocenters. The smallest absolute Gasteiger partial charge is 0.253 e. The molecule has 1 aromatic carbocycles. The van der Waals surface area contributed by atoms with Crippen molar-refractivity contribution in [3.8, 4) is 0 Å². The summed E-state index contributed by atoms with van der Waals surface area (Å²) in [6.45, 7) is 1.53. The van der Waals surface area contributed by atoms with Crippen LogP contribution in [0.5, 0.6) is 0 Å². The van der Waals surface area contributed by atoms with Crippen molar-refractivity contribution >= 4 is 11.6 Å². The second-order valence-corrected chi connectivity index (χ2v) is 4.15. The summed E-state index contributed by atoms with van der Waals surface area (Å²) in [7, 11) is 0. The van der Waals surface area contributed by atoms with Crippen LogP contribution in [-0.4, -0.2) is 10.5 Å². The van der Waals surface area contributed by atoms with Crippen LogP contribution < -0.4 is 10.9 Å². The summed E-state index contributed by atoms with van der Waals surface area (Å²) < 4.78 is 14.6. The van der Waals surface area contributed by atoms with Gasteiger partial charge in [0.1, 0.15) is 12.4 Å². The van der Waals surface area contributed by atoms with E-state index in [2.05, 4.69) is 5.32 Å². The molecule has 0 saturated heterocycles. The number of nitrogens with zero attached hydrogens (tertiary/aromatic N) is 1. The predicted octanol–water partition coefficient (Wildman–Crippen LogP) is 1.93. The topological polar surface area (TPSA) is 51.1 Å². The number of amides is 1. The second kappa shape index (κ2) is 5.48. The highest BCUT2D eigenvalue weighted by molar-refractivity contribution is 5.90. The molecule has 0 bridgehead atoms. The SMILES string of the molecule is Cc1cccn(CC(=O)Nc2ccccc2F)c1=O. The van der Waals surface area contributed by atoms with Crippen molar-refractivity contribution in [3.05, 3.63) is 64.3 Å². The van der Waals surface area contributed by atoms with Crippen molar-refractivity contribution in [2.75, 3.05) is 5.32 Å². The lowest BCUT2D eigenvalue weighted by molar-refractivity contribution is -0.116. The zero-order valence-electron chi connectivity index (χ0n) is 10.4. The number of anilines is 1. The number of para-hydroxylation sites is 1. The molecule has 0 aliphatic rings. The van der Waals surface area contributed by atoms with Crippen LogP contribution in [0.3, 0.4) is 0 Å². The molecule has 5 heteroatoms. The van der Waals surface area contributed by atoms with E-state index in [1.807, 2.05) is 0 Å². The van der Waals surface area contributed by atoms with Crippen molar-refractivity contribution in [2.45, 2.75) is 13.5 Å². The minimum Gasteiger partial charge on any atom is -0.322 e. The summed E-state index contributed by atoms with van der Waals surface area (Å²) in [6, 6.07) is 9.25. The van der Waals surface area contributed by atoms with Gasteiger partial charge >= 0.3 is 0 Å². The molecule has 0 atom stereocenters. The van der Waals surface area contributed by atoms with E-state index in [1.165, 1.54) is 29.0 Å². The van der Waals surface area contributed by atoms with Crippen LogP contribution in [0.1, 0.15) is 5.56 Å². The standard InChI is InChI=1S/C14H13FN2O2/c1-10-5-4-8-17(14(10)19)9-13(18)16-12-7-3-2-6-11(12)15/h2-8H,9H2,1H3,(H,16,18). The molecule has 1 N–H and O–H groups in total. The number of pyridine rings is 1. The first kappa shape index (κ1) is 13.0. The fourth-order valence-corrected chi connectivity index (χ4v) is 1.69. The summed E-state index contributed by atoms with van der Waals surface area (Å²) in [5, 5.41) is 2.43. The van der Waals surface area contributed by atoms with Gasteiger partial charge in [0, 0.05) is 11.8 Å². The molecule has 0 saturated carbocycles. The van der Waals surface area contributed by atoms with Crippen LogP contribution >= 0.6 is 0 Å². The third kappa shape index (κ3) is 3.07. The third-order valence-electron chi connectivity index (χ3n) is 2.67. The monoisotopic (exact) mass is 260 g/mol. The van der Waals surface area contributed by atoms with Gasteiger partial charge in [-0.15, -0.1) is 0 Å². The lowest BCUT2D eigenvalue weighted by Gasteiger charge is -2.08. The summed E-state index contributed by atoms with van der Waals surface area (Å²) in [4.78, 5) is 23.5. The molecule has 2 rings (SSSR count). The van der Waals surface area contributed by atoms with Crippen LogP contribution in [0.15, 0.2) is 47.4 Å². The van der Waals surface area contributed by atoms with Gasteiger partial charge in [0.15, 0.2) is 0 Å². The minimum atomic E-state index is -0.507. The van der Waals surface area contributed by atoms with Crippen molar-refractivity contribution in [2.24, 2.45) is 0 Å². The first-order valence-electron chi connectivity index (χ1n) is 5.78. The van der Waals surface area contributed by atoms with Gasteiger partial charge in [0.2, 0.25) is 5.91 Å². The zero-order chi connectivity index (χ0) is 13.8. The van der Waals surface area contributed by atoms with Gasteiger partial charge < -0.3 is 9.88 Å². The van der Waals surface area contributed by atoms with Crippen LogP contribution in [-0.2, 0) is 11.3 Å². The molecule has 0 radical (unpaired) electrons. The number of aromatic nitrogens is 1. The number of rotatable bonds is 3. The number of carbonyl (C=O) groups excluding carboxylic acids is 1. The molecule has 98 valence electrons. The maximum atomic E-state index is 13.3. The quantitative estimate of drug-likeness (QED) is 0.916. The van der Waals surface area contributed by atoms with E-state index in [9.17, 15) is 14.0 Å². The first-order chi connectivity index (χ1) is 9.08. The van der Waals surface area contributed by atoms with E-state index in [0.717, 1.165) is 0 Å². The Morgan fingerprint density at radius 1 is 1.26 bits per heavy atom. The predicted molar refractivity (Wildman–Crippen MR) is 70.5 cm³/mol. The van der Waals surface area contributed by atoms with E-state index >= 15 is 0 Å². The van der Waals surface area contributed by atoms with Crippen molar-refractivity contribution < 1.29 is 9.18 Å². The van der Waals surface area contributed by atoms with Gasteiger partial charge in [0.25, 0.3) is 5.56 Å². The summed E-state index contributed by atoms with van der Waals surface area (Å²) in [5.74, 6) is -0.953. The maximum absolute atomic E-state index is 13.3. The highest BCUT2D eigenvalue weighted by atomic mass is 19.1.